The summed E-state index contributed by atoms with van der Waals surface area (Å²) in [5, 5.41) is 0.569. The van der Waals surface area contributed by atoms with Crippen LogP contribution in [-0.2, 0) is 4.79 Å². The van der Waals surface area contributed by atoms with Crippen molar-refractivity contribution in [3.63, 3.8) is 0 Å². The van der Waals surface area contributed by atoms with E-state index in [9.17, 15) is 4.79 Å². The van der Waals surface area contributed by atoms with Crippen LogP contribution < -0.4 is 0 Å². The van der Waals surface area contributed by atoms with Crippen molar-refractivity contribution in [3.05, 3.63) is 0 Å². The molecule has 2 bridgehead atoms. The van der Waals surface area contributed by atoms with Crippen LogP contribution in [0.1, 0.15) is 19.3 Å². The van der Waals surface area contributed by atoms with Crippen molar-refractivity contribution >= 4 is 21.7 Å². The van der Waals surface area contributed by atoms with E-state index in [4.69, 9.17) is 0 Å². The van der Waals surface area contributed by atoms with Gasteiger partial charge in [-0.2, -0.15) is 0 Å². The highest BCUT2D eigenvalue weighted by Gasteiger charge is 2.60. The van der Waals surface area contributed by atoms with Crippen molar-refractivity contribution in [2.45, 2.75) is 19.3 Å². The summed E-state index contributed by atoms with van der Waals surface area (Å²) in [5.74, 6) is 1.36. The van der Waals surface area contributed by atoms with Gasteiger partial charge < -0.3 is 0 Å². The Balaban J connectivity index is 2.05. The minimum atomic E-state index is 0.189. The van der Waals surface area contributed by atoms with Gasteiger partial charge in [-0.05, 0) is 25.2 Å². The molecule has 0 saturated heterocycles. The Hall–Kier alpha value is 0.150. The molecule has 3 aliphatic carbocycles. The van der Waals surface area contributed by atoms with Crippen LogP contribution >= 0.6 is 15.9 Å². The van der Waals surface area contributed by atoms with Crippen molar-refractivity contribution in [1.29, 1.82) is 0 Å². The number of rotatable bonds is 2. The van der Waals surface area contributed by atoms with E-state index in [1.165, 1.54) is 19.3 Å². The van der Waals surface area contributed by atoms with Gasteiger partial charge in [0.25, 0.3) is 0 Å². The summed E-state index contributed by atoms with van der Waals surface area (Å²) < 4.78 is 0. The van der Waals surface area contributed by atoms with Crippen LogP contribution in [0.2, 0.25) is 0 Å². The van der Waals surface area contributed by atoms with Crippen LogP contribution in [0.3, 0.4) is 0 Å². The number of hydrogen-bond acceptors (Lipinski definition) is 1. The molecule has 0 radical (unpaired) electrons. The number of hydrogen-bond donors (Lipinski definition) is 0. The van der Waals surface area contributed by atoms with Gasteiger partial charge in [-0.25, -0.2) is 0 Å². The molecule has 3 aliphatic rings. The Morgan fingerprint density at radius 2 is 2.11 bits per heavy atom. The molecule has 0 aromatic heterocycles. The maximum atomic E-state index is 11.1. The summed E-state index contributed by atoms with van der Waals surface area (Å²) in [7, 11) is 0. The van der Waals surface area contributed by atoms with Crippen LogP contribution in [0.4, 0.5) is 0 Å². The fraction of sp³-hybridized carbons (Fsp3) is 0.857. The van der Waals surface area contributed by atoms with Gasteiger partial charge in [0.2, 0.25) is 0 Å². The molecule has 0 amide bonds. The SMILES string of the molecule is O=C(CBr)C12CC(C1)C2. The molecule has 0 atom stereocenters. The number of carbonyl (C=O) groups is 1. The number of ketones is 1. The summed E-state index contributed by atoms with van der Waals surface area (Å²) in [6, 6.07) is 0. The normalized spacial score (nSPS) is 45.2. The first-order valence-electron chi connectivity index (χ1n) is 3.36. The van der Waals surface area contributed by atoms with Crippen LogP contribution in [-0.4, -0.2) is 11.1 Å². The van der Waals surface area contributed by atoms with Crippen LogP contribution in [0.15, 0.2) is 0 Å². The lowest BCUT2D eigenvalue weighted by Crippen LogP contribution is -2.57. The number of halogens is 1. The molecule has 0 aliphatic heterocycles. The first-order valence-corrected chi connectivity index (χ1v) is 4.48. The topological polar surface area (TPSA) is 17.1 Å². The van der Waals surface area contributed by atoms with Crippen LogP contribution in [0, 0.1) is 11.3 Å². The summed E-state index contributed by atoms with van der Waals surface area (Å²) >= 11 is 3.20. The smallest absolute Gasteiger partial charge is 0.149 e. The molecule has 1 nitrogen and oxygen atoms in total. The molecule has 0 heterocycles. The maximum Gasteiger partial charge on any atom is 0.149 e. The highest BCUT2D eigenvalue weighted by atomic mass is 79.9. The second kappa shape index (κ2) is 1.60. The van der Waals surface area contributed by atoms with Crippen molar-refractivity contribution in [3.8, 4) is 0 Å². The van der Waals surface area contributed by atoms with E-state index < -0.39 is 0 Å². The number of carbonyl (C=O) groups excluding carboxylic acids is 1. The molecule has 0 spiro atoms. The third-order valence-corrected chi connectivity index (χ3v) is 3.26. The van der Waals surface area contributed by atoms with Gasteiger partial charge in [0, 0.05) is 5.41 Å². The average Bonchev–Trinajstić information content (AvgIpc) is 1.57. The molecule has 0 aromatic rings. The zero-order valence-electron chi connectivity index (χ0n) is 5.19. The Morgan fingerprint density at radius 1 is 1.56 bits per heavy atom. The fourth-order valence-electron chi connectivity index (χ4n) is 1.96. The van der Waals surface area contributed by atoms with E-state index in [0.29, 0.717) is 11.1 Å². The van der Waals surface area contributed by atoms with Gasteiger partial charge in [0.15, 0.2) is 0 Å². The van der Waals surface area contributed by atoms with Crippen molar-refractivity contribution in [2.24, 2.45) is 11.3 Å². The fourth-order valence-corrected chi connectivity index (χ4v) is 2.56. The Morgan fingerprint density at radius 3 is 2.22 bits per heavy atom. The molecule has 0 N–H and O–H groups in total. The van der Waals surface area contributed by atoms with Crippen LogP contribution in [0.25, 0.3) is 0 Å². The van der Waals surface area contributed by atoms with Gasteiger partial charge in [-0.15, -0.1) is 0 Å². The average molecular weight is 189 g/mol. The van der Waals surface area contributed by atoms with E-state index in [2.05, 4.69) is 15.9 Å². The van der Waals surface area contributed by atoms with Crippen molar-refractivity contribution < 1.29 is 4.79 Å². The largest absolute Gasteiger partial charge is 0.298 e. The molecule has 50 valence electrons. The molecular formula is C7H9BrO. The van der Waals surface area contributed by atoms with Gasteiger partial charge in [0.05, 0.1) is 5.33 Å². The molecule has 3 saturated carbocycles. The highest BCUT2D eigenvalue weighted by Crippen LogP contribution is 2.64. The molecule has 3 fully saturated rings. The molecule has 3 rings (SSSR count). The Bertz CT molecular complexity index is 147. The first-order chi connectivity index (χ1) is 4.27. The van der Waals surface area contributed by atoms with Crippen LogP contribution in [0.5, 0.6) is 0 Å². The predicted octanol–water partition coefficient (Wildman–Crippen LogP) is 1.75. The second-order valence-corrected chi connectivity index (χ2v) is 3.88. The zero-order valence-corrected chi connectivity index (χ0v) is 6.78. The molecule has 2 heteroatoms. The third-order valence-electron chi connectivity index (χ3n) is 2.75. The van der Waals surface area contributed by atoms with E-state index in [0.717, 1.165) is 5.92 Å². The third kappa shape index (κ3) is 0.575. The molecular weight excluding hydrogens is 180 g/mol. The summed E-state index contributed by atoms with van der Waals surface area (Å²) in [6.07, 6.45) is 3.58. The molecule has 0 unspecified atom stereocenters. The van der Waals surface area contributed by atoms with E-state index >= 15 is 0 Å². The van der Waals surface area contributed by atoms with Gasteiger partial charge in [-0.1, -0.05) is 15.9 Å². The van der Waals surface area contributed by atoms with Gasteiger partial charge >= 0.3 is 0 Å². The monoisotopic (exact) mass is 188 g/mol. The number of Topliss-reactive ketones (excluding diaryl/α,β-unsaturated/α-hetero) is 1. The first kappa shape index (κ1) is 5.90. The maximum absolute atomic E-state index is 11.1. The van der Waals surface area contributed by atoms with Gasteiger partial charge in [-0.3, -0.25) is 4.79 Å². The zero-order chi connectivity index (χ0) is 6.48. The Kier molecular flexibility index (Phi) is 1.05. The Labute approximate surface area is 62.9 Å². The lowest BCUT2D eigenvalue weighted by atomic mass is 9.43. The minimum absolute atomic E-state index is 0.189. The quantitative estimate of drug-likeness (QED) is 0.604. The van der Waals surface area contributed by atoms with E-state index in [1.807, 2.05) is 0 Å². The molecule has 0 aromatic carbocycles. The van der Waals surface area contributed by atoms with Crippen molar-refractivity contribution in [1.82, 2.24) is 0 Å². The minimum Gasteiger partial charge on any atom is -0.298 e. The highest BCUT2D eigenvalue weighted by molar-refractivity contribution is 9.09. The van der Waals surface area contributed by atoms with E-state index in [-0.39, 0.29) is 5.41 Å². The second-order valence-electron chi connectivity index (χ2n) is 3.32. The summed E-state index contributed by atoms with van der Waals surface area (Å²) in [6.45, 7) is 0. The van der Waals surface area contributed by atoms with E-state index in [1.54, 1.807) is 0 Å². The lowest BCUT2D eigenvalue weighted by Gasteiger charge is -2.60. The van der Waals surface area contributed by atoms with Crippen molar-refractivity contribution in [2.75, 3.05) is 5.33 Å². The molecule has 9 heavy (non-hydrogen) atoms. The standard InChI is InChI=1S/C7H9BrO/c8-4-6(9)7-1-5(2-7)3-7/h5H,1-4H2. The number of alkyl halides is 1. The van der Waals surface area contributed by atoms with Gasteiger partial charge in [0.1, 0.15) is 5.78 Å². The lowest BCUT2D eigenvalue weighted by molar-refractivity contribution is -0.159. The summed E-state index contributed by atoms with van der Waals surface area (Å²) in [5.41, 5.74) is 0.189. The predicted molar refractivity (Wildman–Crippen MR) is 38.6 cm³/mol. The summed E-state index contributed by atoms with van der Waals surface area (Å²) in [4.78, 5) is 11.1.